The van der Waals surface area contributed by atoms with Crippen LogP contribution in [0, 0.1) is 0 Å². The highest BCUT2D eigenvalue weighted by Gasteiger charge is 2.16. The van der Waals surface area contributed by atoms with Crippen LogP contribution in [0.3, 0.4) is 0 Å². The summed E-state index contributed by atoms with van der Waals surface area (Å²) < 4.78 is 0. The minimum atomic E-state index is 0. The van der Waals surface area contributed by atoms with Gasteiger partial charge in [-0.2, -0.15) is 0 Å². The molecule has 0 spiro atoms. The molecular weight excluding hydrogens is 437 g/mol. The largest absolute Gasteiger partial charge is 0.370 e. The molecule has 24 heavy (non-hydrogen) atoms. The molecule has 0 bridgehead atoms. The first-order chi connectivity index (χ1) is 11.1. The van der Waals surface area contributed by atoms with Crippen molar-refractivity contribution in [2.75, 3.05) is 57.3 Å². The number of rotatable bonds is 6. The van der Waals surface area contributed by atoms with Crippen LogP contribution in [0.1, 0.15) is 13.8 Å². The molecule has 0 saturated carbocycles. The van der Waals surface area contributed by atoms with Crippen LogP contribution in [0.4, 0.5) is 5.69 Å². The molecule has 5 nitrogen and oxygen atoms in total. The number of hydrogen-bond acceptors (Lipinski definition) is 3. The third-order valence-corrected chi connectivity index (χ3v) is 4.56. The van der Waals surface area contributed by atoms with Crippen molar-refractivity contribution in [3.05, 3.63) is 29.3 Å². The van der Waals surface area contributed by atoms with Crippen molar-refractivity contribution in [3.8, 4) is 0 Å². The minimum absolute atomic E-state index is 0. The maximum absolute atomic E-state index is 6.07. The van der Waals surface area contributed by atoms with Crippen LogP contribution in [0.2, 0.25) is 5.02 Å². The number of aliphatic imine (C=N–C) groups is 1. The lowest BCUT2D eigenvalue weighted by Gasteiger charge is -2.36. The molecule has 0 radical (unpaired) electrons. The summed E-state index contributed by atoms with van der Waals surface area (Å²) in [7, 11) is 0. The number of halogens is 2. The summed E-state index contributed by atoms with van der Waals surface area (Å²) in [6.45, 7) is 11.9. The Labute approximate surface area is 167 Å². The van der Waals surface area contributed by atoms with Crippen molar-refractivity contribution in [2.45, 2.75) is 13.8 Å². The van der Waals surface area contributed by atoms with Crippen LogP contribution in [0.15, 0.2) is 29.3 Å². The molecule has 1 fully saturated rings. The van der Waals surface area contributed by atoms with Crippen molar-refractivity contribution >= 4 is 47.2 Å². The summed E-state index contributed by atoms with van der Waals surface area (Å²) in [5.74, 6) is 0.660. The molecule has 7 heteroatoms. The smallest absolute Gasteiger partial charge is 0.191 e. The Hall–Kier alpha value is -0.730. The van der Waals surface area contributed by atoms with Gasteiger partial charge in [0.05, 0.1) is 6.54 Å². The van der Waals surface area contributed by atoms with Gasteiger partial charge in [0.15, 0.2) is 5.96 Å². The standard InChI is InChI=1S/C17H28ClN5.HI/c1-3-22(4-2)17(19)20-8-9-21-10-12-23(13-11-21)16-7-5-6-15(18)14-16;/h5-7,14H,3-4,8-13H2,1-2H3,(H2,19,20);1H. The van der Waals surface area contributed by atoms with E-state index in [0.717, 1.165) is 57.4 Å². The summed E-state index contributed by atoms with van der Waals surface area (Å²) in [5.41, 5.74) is 7.21. The van der Waals surface area contributed by atoms with Crippen LogP contribution < -0.4 is 10.6 Å². The molecule has 136 valence electrons. The zero-order chi connectivity index (χ0) is 16.7. The number of benzene rings is 1. The number of hydrogen-bond donors (Lipinski definition) is 1. The maximum atomic E-state index is 6.07. The SMILES string of the molecule is CCN(CC)C(N)=NCCN1CCN(c2cccc(Cl)c2)CC1.I. The molecule has 1 heterocycles. The van der Waals surface area contributed by atoms with E-state index in [1.807, 2.05) is 18.2 Å². The lowest BCUT2D eigenvalue weighted by molar-refractivity contribution is 0.264. The van der Waals surface area contributed by atoms with Gasteiger partial charge in [0.25, 0.3) is 0 Å². The van der Waals surface area contributed by atoms with E-state index in [2.05, 4.69) is 39.6 Å². The summed E-state index contributed by atoms with van der Waals surface area (Å²) >= 11 is 6.07. The molecule has 1 aliphatic heterocycles. The van der Waals surface area contributed by atoms with Crippen molar-refractivity contribution in [2.24, 2.45) is 10.7 Å². The Morgan fingerprint density at radius 2 is 1.88 bits per heavy atom. The fraction of sp³-hybridized carbons (Fsp3) is 0.588. The first kappa shape index (κ1) is 21.3. The summed E-state index contributed by atoms with van der Waals surface area (Å²) in [6, 6.07) is 8.08. The van der Waals surface area contributed by atoms with E-state index in [1.54, 1.807) is 0 Å². The second kappa shape index (κ2) is 11.0. The van der Waals surface area contributed by atoms with Crippen LogP contribution >= 0.6 is 35.6 Å². The number of nitrogens with zero attached hydrogens (tertiary/aromatic N) is 4. The Kier molecular flexibility index (Phi) is 9.76. The lowest BCUT2D eigenvalue weighted by Crippen LogP contribution is -2.47. The fourth-order valence-corrected chi connectivity index (χ4v) is 3.04. The van der Waals surface area contributed by atoms with E-state index in [4.69, 9.17) is 17.3 Å². The van der Waals surface area contributed by atoms with E-state index in [-0.39, 0.29) is 24.0 Å². The quantitative estimate of drug-likeness (QED) is 0.399. The number of nitrogens with two attached hydrogens (primary N) is 1. The van der Waals surface area contributed by atoms with Crippen LogP contribution in [-0.2, 0) is 0 Å². The molecule has 0 atom stereocenters. The van der Waals surface area contributed by atoms with Crippen LogP contribution in [0.25, 0.3) is 0 Å². The van der Waals surface area contributed by atoms with Gasteiger partial charge in [0.1, 0.15) is 0 Å². The highest BCUT2D eigenvalue weighted by atomic mass is 127. The van der Waals surface area contributed by atoms with Gasteiger partial charge in [-0.25, -0.2) is 0 Å². The predicted octanol–water partition coefficient (Wildman–Crippen LogP) is 2.74. The number of guanidine groups is 1. The van der Waals surface area contributed by atoms with Gasteiger partial charge in [-0.05, 0) is 32.0 Å². The highest BCUT2D eigenvalue weighted by molar-refractivity contribution is 14.0. The predicted molar refractivity (Wildman–Crippen MR) is 115 cm³/mol. The Morgan fingerprint density at radius 1 is 1.21 bits per heavy atom. The fourth-order valence-electron chi connectivity index (χ4n) is 2.86. The highest BCUT2D eigenvalue weighted by Crippen LogP contribution is 2.20. The maximum Gasteiger partial charge on any atom is 0.191 e. The molecule has 1 aliphatic rings. The van der Waals surface area contributed by atoms with Gasteiger partial charge >= 0.3 is 0 Å². The molecule has 1 aromatic rings. The van der Waals surface area contributed by atoms with Crippen molar-refractivity contribution in [3.63, 3.8) is 0 Å². The van der Waals surface area contributed by atoms with Crippen molar-refractivity contribution < 1.29 is 0 Å². The van der Waals surface area contributed by atoms with Gasteiger partial charge in [-0.15, -0.1) is 24.0 Å². The normalized spacial score (nSPS) is 16.0. The monoisotopic (exact) mass is 465 g/mol. The summed E-state index contributed by atoms with van der Waals surface area (Å²) in [5, 5.41) is 0.797. The van der Waals surface area contributed by atoms with Crippen molar-refractivity contribution in [1.29, 1.82) is 0 Å². The van der Waals surface area contributed by atoms with E-state index in [0.29, 0.717) is 5.96 Å². The Bertz CT molecular complexity index is 513. The third kappa shape index (κ3) is 6.29. The first-order valence-corrected chi connectivity index (χ1v) is 8.79. The van der Waals surface area contributed by atoms with E-state index in [9.17, 15) is 0 Å². The molecule has 1 aromatic carbocycles. The molecule has 0 aromatic heterocycles. The molecule has 0 unspecified atom stereocenters. The molecule has 1 saturated heterocycles. The molecule has 2 rings (SSSR count). The van der Waals surface area contributed by atoms with E-state index in [1.165, 1.54) is 5.69 Å². The number of piperazine rings is 1. The van der Waals surface area contributed by atoms with E-state index < -0.39 is 0 Å². The van der Waals surface area contributed by atoms with E-state index >= 15 is 0 Å². The topological polar surface area (TPSA) is 48.1 Å². The minimum Gasteiger partial charge on any atom is -0.370 e. The lowest BCUT2D eigenvalue weighted by atomic mass is 10.2. The summed E-state index contributed by atoms with van der Waals surface area (Å²) in [6.07, 6.45) is 0. The average molecular weight is 466 g/mol. The van der Waals surface area contributed by atoms with Crippen LogP contribution in [-0.4, -0.2) is 68.1 Å². The van der Waals surface area contributed by atoms with Gasteiger partial charge in [-0.1, -0.05) is 17.7 Å². The molecular formula is C17H29ClIN5. The average Bonchev–Trinajstić information content (AvgIpc) is 2.56. The van der Waals surface area contributed by atoms with Crippen LogP contribution in [0.5, 0.6) is 0 Å². The van der Waals surface area contributed by atoms with Gasteiger partial charge < -0.3 is 15.5 Å². The molecule has 2 N–H and O–H groups in total. The summed E-state index contributed by atoms with van der Waals surface area (Å²) in [4.78, 5) is 11.4. The van der Waals surface area contributed by atoms with Gasteiger partial charge in [0.2, 0.25) is 0 Å². The number of anilines is 1. The zero-order valence-corrected chi connectivity index (χ0v) is 17.7. The second-order valence-corrected chi connectivity index (χ2v) is 6.16. The Balaban J connectivity index is 0.00000288. The molecule has 0 amide bonds. The first-order valence-electron chi connectivity index (χ1n) is 8.41. The second-order valence-electron chi connectivity index (χ2n) is 5.72. The van der Waals surface area contributed by atoms with Crippen molar-refractivity contribution in [1.82, 2.24) is 9.80 Å². The Morgan fingerprint density at radius 3 is 2.46 bits per heavy atom. The molecule has 0 aliphatic carbocycles. The van der Waals surface area contributed by atoms with Gasteiger partial charge in [-0.3, -0.25) is 9.89 Å². The zero-order valence-electron chi connectivity index (χ0n) is 14.6. The van der Waals surface area contributed by atoms with Gasteiger partial charge in [0, 0.05) is 56.5 Å². The third-order valence-electron chi connectivity index (χ3n) is 4.32.